The molecular formula is C13H19NO. The van der Waals surface area contributed by atoms with Gasteiger partial charge in [-0.3, -0.25) is 0 Å². The van der Waals surface area contributed by atoms with Gasteiger partial charge < -0.3 is 10.5 Å². The summed E-state index contributed by atoms with van der Waals surface area (Å²) in [5, 5.41) is 0. The Bertz CT molecular complexity index is 342. The van der Waals surface area contributed by atoms with Crippen molar-refractivity contribution < 1.29 is 4.74 Å². The molecule has 0 saturated heterocycles. The molecule has 0 aliphatic heterocycles. The predicted octanol–water partition coefficient (Wildman–Crippen LogP) is 3.18. The van der Waals surface area contributed by atoms with Gasteiger partial charge >= 0.3 is 0 Å². The van der Waals surface area contributed by atoms with Gasteiger partial charge in [-0.05, 0) is 48.4 Å². The van der Waals surface area contributed by atoms with E-state index in [9.17, 15) is 0 Å². The highest BCUT2D eigenvalue weighted by molar-refractivity contribution is 5.50. The second-order valence-electron chi connectivity index (χ2n) is 4.78. The van der Waals surface area contributed by atoms with E-state index in [4.69, 9.17) is 10.5 Å². The number of hydrogen-bond acceptors (Lipinski definition) is 2. The number of benzene rings is 1. The molecule has 82 valence electrons. The second-order valence-corrected chi connectivity index (χ2v) is 4.78. The van der Waals surface area contributed by atoms with E-state index in [1.807, 2.05) is 12.1 Å². The lowest BCUT2D eigenvalue weighted by atomic mass is 10.1. The summed E-state index contributed by atoms with van der Waals surface area (Å²) in [5.74, 6) is 2.28. The van der Waals surface area contributed by atoms with Crippen LogP contribution in [-0.2, 0) is 0 Å². The molecule has 0 bridgehead atoms. The quantitative estimate of drug-likeness (QED) is 0.766. The van der Waals surface area contributed by atoms with E-state index in [2.05, 4.69) is 19.9 Å². The average Bonchev–Trinajstić information content (AvgIpc) is 2.98. The number of anilines is 1. The fourth-order valence-corrected chi connectivity index (χ4v) is 1.67. The Morgan fingerprint density at radius 1 is 1.40 bits per heavy atom. The maximum absolute atomic E-state index is 5.80. The van der Waals surface area contributed by atoms with Gasteiger partial charge in [0.05, 0.1) is 6.61 Å². The molecule has 2 heteroatoms. The van der Waals surface area contributed by atoms with E-state index < -0.39 is 0 Å². The summed E-state index contributed by atoms with van der Waals surface area (Å²) in [4.78, 5) is 0. The number of nitrogens with two attached hydrogens (primary N) is 1. The van der Waals surface area contributed by atoms with E-state index in [1.54, 1.807) is 0 Å². The minimum absolute atomic E-state index is 0.564. The predicted molar refractivity (Wildman–Crippen MR) is 63.2 cm³/mol. The van der Waals surface area contributed by atoms with Crippen LogP contribution in [0.2, 0.25) is 0 Å². The summed E-state index contributed by atoms with van der Waals surface area (Å²) in [6, 6.07) is 5.99. The molecule has 0 atom stereocenters. The van der Waals surface area contributed by atoms with Gasteiger partial charge in [0.25, 0.3) is 0 Å². The van der Waals surface area contributed by atoms with Gasteiger partial charge in [-0.2, -0.15) is 0 Å². The highest BCUT2D eigenvalue weighted by atomic mass is 16.5. The fourth-order valence-electron chi connectivity index (χ4n) is 1.67. The Labute approximate surface area is 91.4 Å². The molecular weight excluding hydrogens is 186 g/mol. The first-order chi connectivity index (χ1) is 7.16. The van der Waals surface area contributed by atoms with Crippen LogP contribution in [0.4, 0.5) is 5.69 Å². The molecule has 15 heavy (non-hydrogen) atoms. The molecule has 0 amide bonds. The molecule has 1 aromatic carbocycles. The molecule has 0 heterocycles. The second kappa shape index (κ2) is 4.13. The summed E-state index contributed by atoms with van der Waals surface area (Å²) in [7, 11) is 0. The molecule has 1 saturated carbocycles. The summed E-state index contributed by atoms with van der Waals surface area (Å²) in [6.45, 7) is 5.10. The van der Waals surface area contributed by atoms with Crippen LogP contribution < -0.4 is 10.5 Å². The Morgan fingerprint density at radius 2 is 2.13 bits per heavy atom. The van der Waals surface area contributed by atoms with Crippen LogP contribution in [0.15, 0.2) is 18.2 Å². The zero-order valence-corrected chi connectivity index (χ0v) is 9.49. The highest BCUT2D eigenvalue weighted by Gasteiger charge is 2.26. The minimum Gasteiger partial charge on any atom is -0.493 e. The van der Waals surface area contributed by atoms with Crippen LogP contribution >= 0.6 is 0 Å². The molecule has 0 spiro atoms. The molecule has 0 aromatic heterocycles. The molecule has 0 radical (unpaired) electrons. The van der Waals surface area contributed by atoms with Crippen molar-refractivity contribution >= 4 is 5.69 Å². The van der Waals surface area contributed by atoms with Crippen molar-refractivity contribution in [1.82, 2.24) is 0 Å². The molecule has 2 N–H and O–H groups in total. The largest absolute Gasteiger partial charge is 0.493 e. The zero-order chi connectivity index (χ0) is 10.8. The zero-order valence-electron chi connectivity index (χ0n) is 9.49. The third-order valence-corrected chi connectivity index (χ3v) is 2.62. The number of nitrogen functional groups attached to an aromatic ring is 1. The first-order valence-corrected chi connectivity index (χ1v) is 5.69. The van der Waals surface area contributed by atoms with Crippen LogP contribution in [0, 0.1) is 5.92 Å². The minimum atomic E-state index is 0.564. The van der Waals surface area contributed by atoms with Crippen molar-refractivity contribution in [2.45, 2.75) is 32.6 Å². The van der Waals surface area contributed by atoms with E-state index in [0.717, 1.165) is 18.0 Å². The van der Waals surface area contributed by atoms with E-state index in [-0.39, 0.29) is 0 Å². The van der Waals surface area contributed by atoms with E-state index >= 15 is 0 Å². The Balaban J connectivity index is 2.14. The monoisotopic (exact) mass is 205 g/mol. The van der Waals surface area contributed by atoms with E-state index in [0.29, 0.717) is 11.8 Å². The van der Waals surface area contributed by atoms with Crippen LogP contribution in [0.3, 0.4) is 0 Å². The van der Waals surface area contributed by atoms with Crippen molar-refractivity contribution in [1.29, 1.82) is 0 Å². The Kier molecular flexibility index (Phi) is 2.85. The smallest absolute Gasteiger partial charge is 0.122 e. The van der Waals surface area contributed by atoms with Crippen LogP contribution in [0.5, 0.6) is 5.75 Å². The normalized spacial score (nSPS) is 15.7. The molecule has 2 rings (SSSR count). The topological polar surface area (TPSA) is 35.2 Å². The number of rotatable bonds is 4. The van der Waals surface area contributed by atoms with Crippen LogP contribution in [-0.4, -0.2) is 6.61 Å². The molecule has 1 aliphatic rings. The highest BCUT2D eigenvalue weighted by Crippen LogP contribution is 2.45. The molecule has 1 aromatic rings. The average molecular weight is 205 g/mol. The van der Waals surface area contributed by atoms with Gasteiger partial charge in [0.15, 0.2) is 0 Å². The molecule has 2 nitrogen and oxygen atoms in total. The third kappa shape index (κ3) is 2.65. The summed E-state index contributed by atoms with van der Waals surface area (Å²) >= 11 is 0. The van der Waals surface area contributed by atoms with Crippen LogP contribution in [0.1, 0.15) is 38.2 Å². The Morgan fingerprint density at radius 3 is 2.73 bits per heavy atom. The first kappa shape index (κ1) is 10.3. The van der Waals surface area contributed by atoms with Crippen LogP contribution in [0.25, 0.3) is 0 Å². The SMILES string of the molecule is CC(C)COc1ccc(N)cc1C1CC1. The summed E-state index contributed by atoms with van der Waals surface area (Å²) in [5.41, 5.74) is 7.94. The first-order valence-electron chi connectivity index (χ1n) is 5.69. The maximum atomic E-state index is 5.80. The molecule has 1 fully saturated rings. The lowest BCUT2D eigenvalue weighted by molar-refractivity contribution is 0.268. The van der Waals surface area contributed by atoms with Gasteiger partial charge in [-0.1, -0.05) is 13.8 Å². The molecule has 0 unspecified atom stereocenters. The number of ether oxygens (including phenoxy) is 1. The van der Waals surface area contributed by atoms with Gasteiger partial charge in [0.1, 0.15) is 5.75 Å². The third-order valence-electron chi connectivity index (χ3n) is 2.62. The maximum Gasteiger partial charge on any atom is 0.122 e. The van der Waals surface area contributed by atoms with Crippen molar-refractivity contribution in [3.8, 4) is 5.75 Å². The summed E-state index contributed by atoms with van der Waals surface area (Å²) < 4.78 is 5.80. The standard InChI is InChI=1S/C13H19NO/c1-9(2)8-15-13-6-5-11(14)7-12(13)10-3-4-10/h5-7,9-10H,3-4,8,14H2,1-2H3. The lowest BCUT2D eigenvalue weighted by Crippen LogP contribution is -2.06. The Hall–Kier alpha value is -1.18. The molecule has 1 aliphatic carbocycles. The lowest BCUT2D eigenvalue weighted by Gasteiger charge is -2.13. The van der Waals surface area contributed by atoms with Crippen molar-refractivity contribution in [3.63, 3.8) is 0 Å². The van der Waals surface area contributed by atoms with Gasteiger partial charge in [-0.25, -0.2) is 0 Å². The van der Waals surface area contributed by atoms with Gasteiger partial charge in [-0.15, -0.1) is 0 Å². The van der Waals surface area contributed by atoms with E-state index in [1.165, 1.54) is 18.4 Å². The van der Waals surface area contributed by atoms with Crippen molar-refractivity contribution in [3.05, 3.63) is 23.8 Å². The van der Waals surface area contributed by atoms with Crippen molar-refractivity contribution in [2.24, 2.45) is 5.92 Å². The van der Waals surface area contributed by atoms with Gasteiger partial charge in [0.2, 0.25) is 0 Å². The number of hydrogen-bond donors (Lipinski definition) is 1. The van der Waals surface area contributed by atoms with Crippen molar-refractivity contribution in [2.75, 3.05) is 12.3 Å². The van der Waals surface area contributed by atoms with Gasteiger partial charge in [0, 0.05) is 5.69 Å². The summed E-state index contributed by atoms with van der Waals surface area (Å²) in [6.07, 6.45) is 2.56. The fraction of sp³-hybridized carbons (Fsp3) is 0.538.